The van der Waals surface area contributed by atoms with E-state index in [1.54, 1.807) is 0 Å². The minimum absolute atomic E-state index is 0.0889. The van der Waals surface area contributed by atoms with Gasteiger partial charge >= 0.3 is 0 Å². The fourth-order valence-electron chi connectivity index (χ4n) is 1.64. The summed E-state index contributed by atoms with van der Waals surface area (Å²) >= 11 is 0. The first kappa shape index (κ1) is 11.7. The highest BCUT2D eigenvalue weighted by Gasteiger charge is 2.13. The number of aliphatic hydroxyl groups excluding tert-OH is 1. The summed E-state index contributed by atoms with van der Waals surface area (Å²) in [7, 11) is 0. The zero-order valence-corrected chi connectivity index (χ0v) is 9.56. The molecule has 2 rings (SSSR count). The molecular formula is C12H16N2O3. The second-order valence-electron chi connectivity index (χ2n) is 3.81. The van der Waals surface area contributed by atoms with E-state index in [1.165, 1.54) is 0 Å². The molecule has 5 heteroatoms. The highest BCUT2D eigenvalue weighted by Crippen LogP contribution is 2.25. The van der Waals surface area contributed by atoms with Crippen LogP contribution in [0.5, 0.6) is 5.75 Å². The molecule has 0 spiro atoms. The number of amidine groups is 1. The van der Waals surface area contributed by atoms with Crippen LogP contribution in [0.25, 0.3) is 0 Å². The third kappa shape index (κ3) is 2.88. The Bertz CT molecular complexity index is 418. The number of aliphatic hydroxyl groups is 1. The van der Waals surface area contributed by atoms with Crippen molar-refractivity contribution in [2.24, 2.45) is 10.9 Å². The van der Waals surface area contributed by atoms with E-state index in [9.17, 15) is 0 Å². The Kier molecular flexibility index (Phi) is 3.82. The Morgan fingerprint density at radius 1 is 1.53 bits per heavy atom. The molecule has 0 aliphatic carbocycles. The van der Waals surface area contributed by atoms with E-state index in [0.717, 1.165) is 29.9 Å². The topological polar surface area (TPSA) is 77.1 Å². The molecule has 0 amide bonds. The van der Waals surface area contributed by atoms with Gasteiger partial charge in [-0.15, -0.1) is 0 Å². The number of nitrogens with zero attached hydrogens (tertiary/aromatic N) is 1. The van der Waals surface area contributed by atoms with Crippen molar-refractivity contribution in [1.82, 2.24) is 0 Å². The lowest BCUT2D eigenvalue weighted by Gasteiger charge is -2.04. The minimum Gasteiger partial charge on any atom is -0.493 e. The summed E-state index contributed by atoms with van der Waals surface area (Å²) in [5, 5.41) is 12.4. The predicted octanol–water partition coefficient (Wildman–Crippen LogP) is 0.641. The number of ether oxygens (including phenoxy) is 1. The highest BCUT2D eigenvalue weighted by molar-refractivity contribution is 5.97. The molecule has 92 valence electrons. The highest BCUT2D eigenvalue weighted by atomic mass is 16.6. The van der Waals surface area contributed by atoms with Gasteiger partial charge in [0.05, 0.1) is 6.61 Å². The van der Waals surface area contributed by atoms with Crippen LogP contribution in [0, 0.1) is 0 Å². The smallest absolute Gasteiger partial charge is 0.170 e. The number of rotatable bonds is 5. The van der Waals surface area contributed by atoms with Gasteiger partial charge in [0.25, 0.3) is 0 Å². The van der Waals surface area contributed by atoms with Crippen molar-refractivity contribution in [2.75, 3.05) is 19.8 Å². The molecule has 1 aliphatic rings. The van der Waals surface area contributed by atoms with Gasteiger partial charge in [0, 0.05) is 25.0 Å². The second kappa shape index (κ2) is 5.54. The summed E-state index contributed by atoms with van der Waals surface area (Å²) in [5.74, 6) is 1.26. The van der Waals surface area contributed by atoms with E-state index < -0.39 is 0 Å². The Labute approximate surface area is 99.8 Å². The lowest BCUT2D eigenvalue weighted by molar-refractivity contribution is 0.124. The van der Waals surface area contributed by atoms with Crippen molar-refractivity contribution < 1.29 is 14.7 Å². The first-order valence-electron chi connectivity index (χ1n) is 5.63. The average Bonchev–Trinajstić information content (AvgIpc) is 2.81. The molecular weight excluding hydrogens is 220 g/mol. The van der Waals surface area contributed by atoms with Crippen LogP contribution in [-0.4, -0.2) is 30.8 Å². The molecule has 0 fully saturated rings. The summed E-state index contributed by atoms with van der Waals surface area (Å²) in [6.45, 7) is 1.18. The van der Waals surface area contributed by atoms with Crippen LogP contribution in [0.1, 0.15) is 17.5 Å². The normalized spacial score (nSPS) is 14.3. The molecule has 0 atom stereocenters. The molecule has 3 N–H and O–H groups in total. The van der Waals surface area contributed by atoms with E-state index >= 15 is 0 Å². The molecule has 1 aromatic rings. The molecule has 0 radical (unpaired) electrons. The molecule has 17 heavy (non-hydrogen) atoms. The number of hydrogen-bond acceptors (Lipinski definition) is 4. The van der Waals surface area contributed by atoms with Crippen molar-refractivity contribution in [3.05, 3.63) is 29.3 Å². The van der Waals surface area contributed by atoms with Gasteiger partial charge in [-0.2, -0.15) is 0 Å². The van der Waals surface area contributed by atoms with Crippen molar-refractivity contribution in [2.45, 2.75) is 12.8 Å². The van der Waals surface area contributed by atoms with Gasteiger partial charge < -0.3 is 20.4 Å². The fraction of sp³-hybridized carbons (Fsp3) is 0.417. The number of nitrogens with two attached hydrogens (primary N) is 1. The largest absolute Gasteiger partial charge is 0.493 e. The van der Waals surface area contributed by atoms with E-state index in [0.29, 0.717) is 18.9 Å². The van der Waals surface area contributed by atoms with Gasteiger partial charge in [0.1, 0.15) is 12.4 Å². The minimum atomic E-state index is 0.0889. The molecule has 1 aromatic carbocycles. The first-order valence-corrected chi connectivity index (χ1v) is 5.63. The van der Waals surface area contributed by atoms with Crippen LogP contribution < -0.4 is 10.5 Å². The van der Waals surface area contributed by atoms with Gasteiger partial charge in [0.15, 0.2) is 5.84 Å². The second-order valence-corrected chi connectivity index (χ2v) is 3.81. The van der Waals surface area contributed by atoms with Crippen LogP contribution in [0.15, 0.2) is 23.4 Å². The molecule has 5 nitrogen and oxygen atoms in total. The summed E-state index contributed by atoms with van der Waals surface area (Å²) in [6, 6.07) is 5.72. The summed E-state index contributed by atoms with van der Waals surface area (Å²) in [5.41, 5.74) is 7.77. The van der Waals surface area contributed by atoms with E-state index in [4.69, 9.17) is 20.4 Å². The molecule has 1 aliphatic heterocycles. The quantitative estimate of drug-likeness (QED) is 0.340. The third-order valence-corrected chi connectivity index (χ3v) is 2.54. The summed E-state index contributed by atoms with van der Waals surface area (Å²) in [4.78, 5) is 4.98. The van der Waals surface area contributed by atoms with E-state index in [1.807, 2.05) is 18.2 Å². The third-order valence-electron chi connectivity index (χ3n) is 2.54. The van der Waals surface area contributed by atoms with E-state index in [2.05, 4.69) is 5.16 Å². The number of oxime groups is 1. The van der Waals surface area contributed by atoms with Gasteiger partial charge in [-0.1, -0.05) is 5.16 Å². The molecule has 0 bridgehead atoms. The lowest BCUT2D eigenvalue weighted by atomic mass is 10.1. The zero-order valence-electron chi connectivity index (χ0n) is 9.56. The maximum absolute atomic E-state index is 8.58. The van der Waals surface area contributed by atoms with Crippen molar-refractivity contribution in [1.29, 1.82) is 0 Å². The van der Waals surface area contributed by atoms with Crippen molar-refractivity contribution in [3.8, 4) is 5.75 Å². The SMILES string of the molecule is N/C(=N/OCCCO)c1ccc2c(c1)CCO2. The summed E-state index contributed by atoms with van der Waals surface area (Å²) in [6.07, 6.45) is 1.45. The van der Waals surface area contributed by atoms with Gasteiger partial charge in [-0.3, -0.25) is 0 Å². The zero-order chi connectivity index (χ0) is 12.1. The lowest BCUT2D eigenvalue weighted by Crippen LogP contribution is -2.14. The fourth-order valence-corrected chi connectivity index (χ4v) is 1.64. The number of fused-ring (bicyclic) bond motifs is 1. The molecule has 0 saturated carbocycles. The van der Waals surface area contributed by atoms with Crippen molar-refractivity contribution >= 4 is 5.84 Å². The van der Waals surface area contributed by atoms with Crippen molar-refractivity contribution in [3.63, 3.8) is 0 Å². The Morgan fingerprint density at radius 2 is 2.41 bits per heavy atom. The van der Waals surface area contributed by atoms with Crippen LogP contribution in [0.2, 0.25) is 0 Å². The Morgan fingerprint density at radius 3 is 3.24 bits per heavy atom. The van der Waals surface area contributed by atoms with Gasteiger partial charge in [-0.25, -0.2) is 0 Å². The number of hydrogen-bond donors (Lipinski definition) is 2. The predicted molar refractivity (Wildman–Crippen MR) is 64.0 cm³/mol. The summed E-state index contributed by atoms with van der Waals surface area (Å²) < 4.78 is 5.41. The van der Waals surface area contributed by atoms with E-state index in [-0.39, 0.29) is 6.61 Å². The van der Waals surface area contributed by atoms with Crippen LogP contribution >= 0.6 is 0 Å². The standard InChI is InChI=1S/C12H16N2O3/c13-12(14-17-6-1-5-15)10-2-3-11-9(8-10)4-7-16-11/h2-3,8,15H,1,4-7H2,(H2,13,14). The maximum Gasteiger partial charge on any atom is 0.170 e. The number of benzene rings is 1. The van der Waals surface area contributed by atoms with Gasteiger partial charge in [0.2, 0.25) is 0 Å². The maximum atomic E-state index is 8.58. The molecule has 0 saturated heterocycles. The molecule has 1 heterocycles. The van der Waals surface area contributed by atoms with Crippen LogP contribution in [-0.2, 0) is 11.3 Å². The monoisotopic (exact) mass is 236 g/mol. The Hall–Kier alpha value is -1.75. The van der Waals surface area contributed by atoms with Crippen LogP contribution in [0.3, 0.4) is 0 Å². The average molecular weight is 236 g/mol. The Balaban J connectivity index is 2.01. The van der Waals surface area contributed by atoms with Gasteiger partial charge in [-0.05, 0) is 23.8 Å². The molecule has 0 aromatic heterocycles. The molecule has 0 unspecified atom stereocenters. The van der Waals surface area contributed by atoms with Crippen LogP contribution in [0.4, 0.5) is 0 Å². The first-order chi connectivity index (χ1) is 8.31.